The third-order valence-corrected chi connectivity index (χ3v) is 4.20. The van der Waals surface area contributed by atoms with E-state index in [0.717, 1.165) is 6.07 Å². The monoisotopic (exact) mass is 399 g/mol. The van der Waals surface area contributed by atoms with Gasteiger partial charge in [-0.25, -0.2) is 9.38 Å². The van der Waals surface area contributed by atoms with Crippen molar-refractivity contribution >= 4 is 23.1 Å². The number of halogens is 4. The van der Waals surface area contributed by atoms with Crippen molar-refractivity contribution in [3.05, 3.63) is 41.5 Å². The minimum Gasteiger partial charge on any atom is -0.378 e. The molecule has 0 radical (unpaired) electrons. The second-order valence-electron chi connectivity index (χ2n) is 6.34. The van der Waals surface area contributed by atoms with E-state index in [-0.39, 0.29) is 24.3 Å². The third kappa shape index (κ3) is 4.94. The van der Waals surface area contributed by atoms with Gasteiger partial charge >= 0.3 is 6.18 Å². The molecule has 1 amide bonds. The summed E-state index contributed by atoms with van der Waals surface area (Å²) in [6.07, 6.45) is -3.77. The number of benzene rings is 1. The van der Waals surface area contributed by atoms with Crippen molar-refractivity contribution in [3.63, 3.8) is 0 Å². The number of hydrogen-bond acceptors (Lipinski definition) is 5. The number of aliphatic imine (C=N–C) groups is 1. The first kappa shape index (κ1) is 20.0. The average Bonchev–Trinajstić information content (AvgIpc) is 2.62. The molecule has 28 heavy (non-hydrogen) atoms. The molecule has 10 heteroatoms. The van der Waals surface area contributed by atoms with E-state index in [4.69, 9.17) is 4.74 Å². The molecule has 0 atom stereocenters. The summed E-state index contributed by atoms with van der Waals surface area (Å²) in [5.74, 6) is -1.83. The zero-order valence-electron chi connectivity index (χ0n) is 14.7. The number of ether oxygens (including phenoxy) is 1. The maximum atomic E-state index is 13.3. The van der Waals surface area contributed by atoms with E-state index in [1.165, 1.54) is 6.08 Å². The Kier molecular flexibility index (Phi) is 5.78. The molecule has 1 saturated heterocycles. The van der Waals surface area contributed by atoms with Crippen LogP contribution in [0.15, 0.2) is 35.1 Å². The first-order valence-corrected chi connectivity index (χ1v) is 8.52. The smallest absolute Gasteiger partial charge is 0.378 e. The van der Waals surface area contributed by atoms with E-state index in [2.05, 4.69) is 10.3 Å². The van der Waals surface area contributed by atoms with E-state index >= 15 is 0 Å². The fourth-order valence-corrected chi connectivity index (χ4v) is 2.90. The van der Waals surface area contributed by atoms with Crippen molar-refractivity contribution in [3.8, 4) is 0 Å². The Hall–Kier alpha value is -2.75. The highest BCUT2D eigenvalue weighted by atomic mass is 19.4. The van der Waals surface area contributed by atoms with Crippen LogP contribution in [-0.2, 0) is 20.5 Å². The second kappa shape index (κ2) is 8.09. The number of allylic oxidation sites excluding steroid dienone is 1. The highest BCUT2D eigenvalue weighted by molar-refractivity contribution is 6.16. The molecule has 2 aliphatic heterocycles. The molecule has 2 aliphatic rings. The van der Waals surface area contributed by atoms with Gasteiger partial charge in [-0.15, -0.1) is 0 Å². The van der Waals surface area contributed by atoms with E-state index < -0.39 is 23.5 Å². The van der Waals surface area contributed by atoms with Crippen LogP contribution in [0.25, 0.3) is 0 Å². The van der Waals surface area contributed by atoms with Crippen LogP contribution in [0.2, 0.25) is 0 Å². The summed E-state index contributed by atoms with van der Waals surface area (Å²) >= 11 is 0. The van der Waals surface area contributed by atoms with Gasteiger partial charge in [0.2, 0.25) is 5.91 Å². The lowest BCUT2D eigenvalue weighted by atomic mass is 10.1. The van der Waals surface area contributed by atoms with Crippen molar-refractivity contribution in [2.75, 3.05) is 31.6 Å². The van der Waals surface area contributed by atoms with Crippen molar-refractivity contribution in [2.45, 2.75) is 19.0 Å². The minimum absolute atomic E-state index is 0.0432. The van der Waals surface area contributed by atoms with Crippen LogP contribution in [0.5, 0.6) is 0 Å². The molecular weight excluding hydrogens is 382 g/mol. The number of rotatable bonds is 4. The fourth-order valence-electron chi connectivity index (χ4n) is 2.90. The first-order chi connectivity index (χ1) is 13.2. The van der Waals surface area contributed by atoms with Crippen LogP contribution in [0.1, 0.15) is 18.4 Å². The Morgan fingerprint density at radius 1 is 1.25 bits per heavy atom. The van der Waals surface area contributed by atoms with Crippen LogP contribution >= 0.6 is 0 Å². The van der Waals surface area contributed by atoms with Crippen molar-refractivity contribution in [1.29, 1.82) is 0 Å². The van der Waals surface area contributed by atoms with E-state index in [1.807, 2.05) is 4.90 Å². The zero-order valence-corrected chi connectivity index (χ0v) is 14.7. The van der Waals surface area contributed by atoms with Gasteiger partial charge in [-0.3, -0.25) is 9.59 Å². The Bertz CT molecular complexity index is 843. The number of nitrogens with one attached hydrogen (secondary N) is 1. The van der Waals surface area contributed by atoms with Crippen LogP contribution < -0.4 is 5.32 Å². The summed E-state index contributed by atoms with van der Waals surface area (Å²) < 4.78 is 56.9. The van der Waals surface area contributed by atoms with Crippen molar-refractivity contribution < 1.29 is 31.9 Å². The molecular formula is C18H17F4N3O3. The van der Waals surface area contributed by atoms with Gasteiger partial charge in [0, 0.05) is 37.0 Å². The van der Waals surface area contributed by atoms with E-state index in [9.17, 15) is 27.2 Å². The fraction of sp³-hybridized carbons (Fsp3) is 0.389. The molecule has 0 aromatic heterocycles. The molecule has 0 saturated carbocycles. The zero-order chi connectivity index (χ0) is 20.3. The Morgan fingerprint density at radius 3 is 2.64 bits per heavy atom. The summed E-state index contributed by atoms with van der Waals surface area (Å²) in [5, 5.41) is 2.29. The number of amides is 1. The lowest BCUT2D eigenvalue weighted by Gasteiger charge is -2.30. The minimum atomic E-state index is -4.87. The van der Waals surface area contributed by atoms with Gasteiger partial charge in [0.05, 0.1) is 25.2 Å². The largest absolute Gasteiger partial charge is 0.419 e. The van der Waals surface area contributed by atoms with Gasteiger partial charge in [-0.2, -0.15) is 13.2 Å². The van der Waals surface area contributed by atoms with Gasteiger partial charge in [-0.1, -0.05) is 0 Å². The van der Waals surface area contributed by atoms with Crippen molar-refractivity contribution in [1.82, 2.24) is 4.90 Å². The van der Waals surface area contributed by atoms with Crippen molar-refractivity contribution in [2.24, 2.45) is 4.99 Å². The quantitative estimate of drug-likeness (QED) is 0.791. The molecule has 150 valence electrons. The number of carbonyl (C=O) groups is 2. The number of nitrogens with zero attached hydrogens (tertiary/aromatic N) is 2. The van der Waals surface area contributed by atoms with Crippen LogP contribution in [0, 0.1) is 5.82 Å². The topological polar surface area (TPSA) is 71.0 Å². The average molecular weight is 399 g/mol. The number of ketones is 1. The molecule has 0 bridgehead atoms. The molecule has 2 heterocycles. The normalized spacial score (nSPS) is 17.9. The van der Waals surface area contributed by atoms with Crippen LogP contribution in [0.4, 0.5) is 23.2 Å². The SMILES string of the molecule is O=C1C=C(N2CCOCC2)N=C(CC(=O)Nc2ccc(F)c(C(F)(F)F)c2)C1. The molecule has 1 aromatic carbocycles. The predicted molar refractivity (Wildman–Crippen MR) is 92.2 cm³/mol. The van der Waals surface area contributed by atoms with Gasteiger partial charge in [0.25, 0.3) is 0 Å². The van der Waals surface area contributed by atoms with Crippen LogP contribution in [-0.4, -0.2) is 48.6 Å². The molecule has 6 nitrogen and oxygen atoms in total. The predicted octanol–water partition coefficient (Wildman–Crippen LogP) is 2.76. The molecule has 1 fully saturated rings. The summed E-state index contributed by atoms with van der Waals surface area (Å²) in [5.41, 5.74) is -1.34. The molecule has 0 aliphatic carbocycles. The summed E-state index contributed by atoms with van der Waals surface area (Å²) in [6, 6.07) is 2.20. The van der Waals surface area contributed by atoms with Gasteiger partial charge in [0.1, 0.15) is 11.6 Å². The number of alkyl halides is 3. The lowest BCUT2D eigenvalue weighted by Crippen LogP contribution is -2.36. The lowest BCUT2D eigenvalue weighted by molar-refractivity contribution is -0.140. The number of morpholine rings is 1. The Balaban J connectivity index is 1.68. The van der Waals surface area contributed by atoms with Gasteiger partial charge < -0.3 is 15.0 Å². The third-order valence-electron chi connectivity index (χ3n) is 4.20. The Morgan fingerprint density at radius 2 is 1.96 bits per heavy atom. The summed E-state index contributed by atoms with van der Waals surface area (Å²) in [6.45, 7) is 2.14. The van der Waals surface area contributed by atoms with Gasteiger partial charge in [0.15, 0.2) is 5.78 Å². The highest BCUT2D eigenvalue weighted by Crippen LogP contribution is 2.33. The number of carbonyl (C=O) groups excluding carboxylic acids is 2. The molecule has 0 spiro atoms. The van der Waals surface area contributed by atoms with E-state index in [1.54, 1.807) is 0 Å². The first-order valence-electron chi connectivity index (χ1n) is 8.52. The van der Waals surface area contributed by atoms with E-state index in [0.29, 0.717) is 50.0 Å². The molecule has 0 unspecified atom stereocenters. The molecule has 1 aromatic rings. The summed E-state index contributed by atoms with van der Waals surface area (Å²) in [7, 11) is 0. The van der Waals surface area contributed by atoms with Gasteiger partial charge in [-0.05, 0) is 18.2 Å². The number of anilines is 1. The molecule has 1 N–H and O–H groups in total. The summed E-state index contributed by atoms with van der Waals surface area (Å²) in [4.78, 5) is 30.3. The standard InChI is InChI=1S/C18H17F4N3O3/c19-15-2-1-11(8-14(15)18(20,21)22)24-17(27)9-12-7-13(26)10-16(23-12)25-3-5-28-6-4-25/h1-2,8,10H,3-7,9H2,(H,24,27). The maximum Gasteiger partial charge on any atom is 0.419 e. The highest BCUT2D eigenvalue weighted by Gasteiger charge is 2.34. The second-order valence-corrected chi connectivity index (χ2v) is 6.34. The van der Waals surface area contributed by atoms with Crippen LogP contribution in [0.3, 0.4) is 0 Å². The molecule has 3 rings (SSSR count). The Labute approximate surface area is 157 Å². The maximum absolute atomic E-state index is 13.3. The number of hydrogen-bond donors (Lipinski definition) is 1.